The van der Waals surface area contributed by atoms with Crippen molar-refractivity contribution in [3.63, 3.8) is 0 Å². The molecule has 1 aliphatic rings. The number of primary amides is 1. The number of hydrogen-bond donors (Lipinski definition) is 2. The molecule has 13 heavy (non-hydrogen) atoms. The number of rotatable bonds is 1. The van der Waals surface area contributed by atoms with E-state index >= 15 is 0 Å². The van der Waals surface area contributed by atoms with Crippen molar-refractivity contribution in [1.29, 1.82) is 0 Å². The van der Waals surface area contributed by atoms with Crippen LogP contribution in [0.25, 0.3) is 0 Å². The van der Waals surface area contributed by atoms with E-state index in [1.807, 2.05) is 0 Å². The van der Waals surface area contributed by atoms with Crippen LogP contribution in [-0.2, 0) is 0 Å². The Bertz CT molecular complexity index is 245. The second kappa shape index (κ2) is 3.36. The lowest BCUT2D eigenvalue weighted by molar-refractivity contribution is 0.249. The molecule has 1 aliphatic carbocycles. The molecule has 1 atom stereocenters. The summed E-state index contributed by atoms with van der Waals surface area (Å²) in [5.74, 6) is 0.612. The van der Waals surface area contributed by atoms with Crippen LogP contribution in [0, 0.1) is 11.3 Å². The van der Waals surface area contributed by atoms with Gasteiger partial charge in [-0.25, -0.2) is 10.2 Å². The van der Waals surface area contributed by atoms with Gasteiger partial charge in [0.05, 0.1) is 0 Å². The van der Waals surface area contributed by atoms with Crippen molar-refractivity contribution in [2.45, 2.75) is 33.6 Å². The van der Waals surface area contributed by atoms with Gasteiger partial charge < -0.3 is 5.73 Å². The molecule has 0 spiro atoms. The normalized spacial score (nSPS) is 29.2. The highest BCUT2D eigenvalue weighted by atomic mass is 16.2. The second-order valence-corrected chi connectivity index (χ2v) is 4.42. The fraction of sp³-hybridized carbons (Fsp3) is 0.778. The number of nitrogens with two attached hydrogens (primary N) is 1. The zero-order chi connectivity index (χ0) is 10.1. The van der Waals surface area contributed by atoms with E-state index in [0.717, 1.165) is 18.6 Å². The first-order chi connectivity index (χ1) is 5.92. The maximum absolute atomic E-state index is 10.4. The SMILES string of the molecule is CC1C/C(=N/NC(N)=O)CC1(C)C. The predicted molar refractivity (Wildman–Crippen MR) is 52.3 cm³/mol. The standard InChI is InChI=1S/C9H17N3O/c1-6-4-7(5-9(6,2)3)11-12-8(10)13/h6H,4-5H2,1-3H3,(H3,10,12,13)/b11-7-. The maximum atomic E-state index is 10.4. The van der Waals surface area contributed by atoms with Crippen LogP contribution in [0.1, 0.15) is 33.6 Å². The summed E-state index contributed by atoms with van der Waals surface area (Å²) in [7, 11) is 0. The number of hydrazone groups is 1. The molecule has 0 aromatic heterocycles. The van der Waals surface area contributed by atoms with E-state index in [0.29, 0.717) is 5.92 Å². The van der Waals surface area contributed by atoms with E-state index in [4.69, 9.17) is 5.73 Å². The number of carbonyl (C=O) groups excluding carboxylic acids is 1. The summed E-state index contributed by atoms with van der Waals surface area (Å²) < 4.78 is 0. The lowest BCUT2D eigenvalue weighted by atomic mass is 9.83. The third-order valence-corrected chi connectivity index (χ3v) is 2.86. The molecule has 0 heterocycles. The maximum Gasteiger partial charge on any atom is 0.332 e. The van der Waals surface area contributed by atoms with Gasteiger partial charge in [0.2, 0.25) is 0 Å². The average molecular weight is 183 g/mol. The van der Waals surface area contributed by atoms with Gasteiger partial charge in [-0.05, 0) is 24.2 Å². The first-order valence-corrected chi connectivity index (χ1v) is 4.52. The fourth-order valence-electron chi connectivity index (χ4n) is 1.62. The quantitative estimate of drug-likeness (QED) is 0.594. The molecule has 0 aliphatic heterocycles. The van der Waals surface area contributed by atoms with Crippen LogP contribution in [-0.4, -0.2) is 11.7 Å². The Hall–Kier alpha value is -1.06. The summed E-state index contributed by atoms with van der Waals surface area (Å²) in [5.41, 5.74) is 8.52. The topological polar surface area (TPSA) is 67.5 Å². The lowest BCUT2D eigenvalue weighted by Crippen LogP contribution is -2.25. The molecule has 3 N–H and O–H groups in total. The Balaban J connectivity index is 2.58. The van der Waals surface area contributed by atoms with Gasteiger partial charge >= 0.3 is 6.03 Å². The summed E-state index contributed by atoms with van der Waals surface area (Å²) >= 11 is 0. The van der Waals surface area contributed by atoms with Gasteiger partial charge in [-0.2, -0.15) is 5.10 Å². The largest absolute Gasteiger partial charge is 0.350 e. The third kappa shape index (κ3) is 2.44. The Kier molecular flexibility index (Phi) is 2.59. The Morgan fingerprint density at radius 2 is 2.31 bits per heavy atom. The van der Waals surface area contributed by atoms with Crippen molar-refractivity contribution in [3.8, 4) is 0 Å². The highest BCUT2D eigenvalue weighted by molar-refractivity contribution is 5.88. The minimum atomic E-state index is -0.593. The first kappa shape index (κ1) is 10.0. The molecule has 1 fully saturated rings. The molecule has 0 radical (unpaired) electrons. The summed E-state index contributed by atoms with van der Waals surface area (Å²) in [5, 5.41) is 3.96. The third-order valence-electron chi connectivity index (χ3n) is 2.86. The van der Waals surface area contributed by atoms with E-state index in [1.165, 1.54) is 0 Å². The van der Waals surface area contributed by atoms with Gasteiger partial charge in [-0.15, -0.1) is 0 Å². The van der Waals surface area contributed by atoms with Gasteiger partial charge in [0.1, 0.15) is 0 Å². The van der Waals surface area contributed by atoms with Crippen molar-refractivity contribution < 1.29 is 4.79 Å². The molecule has 0 aromatic carbocycles. The van der Waals surface area contributed by atoms with Crippen LogP contribution in [0.5, 0.6) is 0 Å². The van der Waals surface area contributed by atoms with Crippen LogP contribution in [0.2, 0.25) is 0 Å². The zero-order valence-corrected chi connectivity index (χ0v) is 8.42. The van der Waals surface area contributed by atoms with Gasteiger partial charge in [-0.1, -0.05) is 20.8 Å². The molecule has 4 nitrogen and oxygen atoms in total. The van der Waals surface area contributed by atoms with E-state index < -0.39 is 6.03 Å². The lowest BCUT2D eigenvalue weighted by Gasteiger charge is -2.21. The van der Waals surface area contributed by atoms with E-state index in [9.17, 15) is 4.79 Å². The molecule has 0 bridgehead atoms. The van der Waals surface area contributed by atoms with Crippen molar-refractivity contribution >= 4 is 11.7 Å². The van der Waals surface area contributed by atoms with E-state index in [2.05, 4.69) is 31.3 Å². The Morgan fingerprint density at radius 1 is 1.69 bits per heavy atom. The molecular formula is C9H17N3O. The number of urea groups is 1. The fourth-order valence-corrected chi connectivity index (χ4v) is 1.62. The highest BCUT2D eigenvalue weighted by Crippen LogP contribution is 2.40. The number of nitrogens with one attached hydrogen (secondary N) is 1. The smallest absolute Gasteiger partial charge is 0.332 e. The summed E-state index contributed by atoms with van der Waals surface area (Å²) in [6.45, 7) is 6.63. The molecule has 74 valence electrons. The van der Waals surface area contributed by atoms with Gasteiger partial charge in [0.25, 0.3) is 0 Å². The first-order valence-electron chi connectivity index (χ1n) is 4.52. The molecule has 1 rings (SSSR count). The van der Waals surface area contributed by atoms with Crippen molar-refractivity contribution in [3.05, 3.63) is 0 Å². The number of amides is 2. The number of carbonyl (C=O) groups is 1. The summed E-state index contributed by atoms with van der Waals surface area (Å²) in [4.78, 5) is 10.4. The van der Waals surface area contributed by atoms with Crippen LogP contribution >= 0.6 is 0 Å². The van der Waals surface area contributed by atoms with Crippen molar-refractivity contribution in [2.24, 2.45) is 22.2 Å². The molecule has 2 amide bonds. The monoisotopic (exact) mass is 183 g/mol. The van der Waals surface area contributed by atoms with Gasteiger partial charge in [0, 0.05) is 5.71 Å². The van der Waals surface area contributed by atoms with Crippen LogP contribution in [0.3, 0.4) is 0 Å². The van der Waals surface area contributed by atoms with E-state index in [-0.39, 0.29) is 5.41 Å². The number of nitrogens with zero attached hydrogens (tertiary/aromatic N) is 1. The highest BCUT2D eigenvalue weighted by Gasteiger charge is 2.35. The molecule has 0 saturated heterocycles. The zero-order valence-electron chi connectivity index (χ0n) is 8.42. The number of hydrogen-bond acceptors (Lipinski definition) is 2. The summed E-state index contributed by atoms with van der Waals surface area (Å²) in [6, 6.07) is -0.593. The van der Waals surface area contributed by atoms with Crippen molar-refractivity contribution in [2.75, 3.05) is 0 Å². The molecule has 1 saturated carbocycles. The molecular weight excluding hydrogens is 166 g/mol. The average Bonchev–Trinajstić information content (AvgIpc) is 2.22. The molecule has 0 aromatic rings. The van der Waals surface area contributed by atoms with E-state index in [1.54, 1.807) is 0 Å². The van der Waals surface area contributed by atoms with Gasteiger partial charge in [0.15, 0.2) is 0 Å². The van der Waals surface area contributed by atoms with Crippen molar-refractivity contribution in [1.82, 2.24) is 5.43 Å². The Morgan fingerprint density at radius 3 is 2.69 bits per heavy atom. The summed E-state index contributed by atoms with van der Waals surface area (Å²) in [6.07, 6.45) is 1.89. The minimum absolute atomic E-state index is 0.290. The molecule has 1 unspecified atom stereocenters. The second-order valence-electron chi connectivity index (χ2n) is 4.42. The molecule has 4 heteroatoms. The van der Waals surface area contributed by atoms with Crippen LogP contribution in [0.15, 0.2) is 5.10 Å². The Labute approximate surface area is 78.6 Å². The predicted octanol–water partition coefficient (Wildman–Crippen LogP) is 1.47. The minimum Gasteiger partial charge on any atom is -0.350 e. The van der Waals surface area contributed by atoms with Crippen LogP contribution in [0.4, 0.5) is 4.79 Å². The van der Waals surface area contributed by atoms with Crippen LogP contribution < -0.4 is 11.2 Å². The van der Waals surface area contributed by atoms with Gasteiger partial charge in [-0.3, -0.25) is 0 Å².